The fraction of sp³-hybridized carbons (Fsp3) is 0.375. The lowest BCUT2D eigenvalue weighted by Crippen LogP contribution is -2.23. The van der Waals surface area contributed by atoms with Gasteiger partial charge in [0.1, 0.15) is 23.9 Å². The number of rotatable bonds is 4. The molecule has 1 unspecified atom stereocenters. The monoisotopic (exact) mass is 194 g/mol. The normalized spacial score (nSPS) is 11.8. The van der Waals surface area contributed by atoms with Crippen molar-refractivity contribution in [2.24, 2.45) is 0 Å². The highest BCUT2D eigenvalue weighted by Crippen LogP contribution is 2.02. The first-order valence-corrected chi connectivity index (χ1v) is 4.01. The van der Waals surface area contributed by atoms with Crippen LogP contribution in [-0.2, 0) is 0 Å². The third-order valence-electron chi connectivity index (χ3n) is 1.51. The molecule has 0 bridgehead atoms. The van der Waals surface area contributed by atoms with Crippen LogP contribution >= 0.6 is 0 Å². The van der Waals surface area contributed by atoms with Gasteiger partial charge in [-0.05, 0) is 0 Å². The lowest BCUT2D eigenvalue weighted by molar-refractivity contribution is 0.105. The van der Waals surface area contributed by atoms with E-state index in [1.165, 1.54) is 12.4 Å². The molecular formula is C8H10N4O2. The van der Waals surface area contributed by atoms with E-state index < -0.39 is 6.10 Å². The Morgan fingerprint density at radius 2 is 2.36 bits per heavy atom. The topological polar surface area (TPSA) is 102 Å². The van der Waals surface area contributed by atoms with Crippen molar-refractivity contribution in [1.82, 2.24) is 9.97 Å². The van der Waals surface area contributed by atoms with Gasteiger partial charge < -0.3 is 15.5 Å². The van der Waals surface area contributed by atoms with Crippen molar-refractivity contribution in [2.45, 2.75) is 6.10 Å². The fourth-order valence-corrected chi connectivity index (χ4v) is 0.802. The Hall–Kier alpha value is -1.71. The highest BCUT2D eigenvalue weighted by molar-refractivity contribution is 5.38. The molecule has 74 valence electrons. The zero-order valence-corrected chi connectivity index (χ0v) is 7.38. The molecule has 0 aliphatic carbocycles. The Labute approximate surface area is 80.9 Å². The zero-order chi connectivity index (χ0) is 10.4. The van der Waals surface area contributed by atoms with Crippen molar-refractivity contribution >= 4 is 5.82 Å². The molecule has 0 aliphatic heterocycles. The number of aromatic nitrogens is 2. The number of anilines is 1. The van der Waals surface area contributed by atoms with Crippen molar-refractivity contribution in [3.05, 3.63) is 18.1 Å². The minimum Gasteiger partial charge on any atom is -0.394 e. The van der Waals surface area contributed by atoms with Crippen LogP contribution in [0.15, 0.2) is 12.4 Å². The molecule has 6 heteroatoms. The molecule has 0 aromatic carbocycles. The minimum absolute atomic E-state index is 0.179. The van der Waals surface area contributed by atoms with Crippen LogP contribution in [0.3, 0.4) is 0 Å². The van der Waals surface area contributed by atoms with Gasteiger partial charge >= 0.3 is 0 Å². The molecule has 0 spiro atoms. The SMILES string of the molecule is N#Cc1cc(NCC(O)CO)ncn1. The van der Waals surface area contributed by atoms with E-state index >= 15 is 0 Å². The van der Waals surface area contributed by atoms with Crippen molar-refractivity contribution in [1.29, 1.82) is 5.26 Å². The summed E-state index contributed by atoms with van der Waals surface area (Å²) in [4.78, 5) is 7.51. The van der Waals surface area contributed by atoms with Gasteiger partial charge in [0.2, 0.25) is 0 Å². The Morgan fingerprint density at radius 1 is 1.57 bits per heavy atom. The lowest BCUT2D eigenvalue weighted by atomic mass is 10.3. The summed E-state index contributed by atoms with van der Waals surface area (Å²) in [6, 6.07) is 3.33. The summed E-state index contributed by atoms with van der Waals surface area (Å²) in [5.41, 5.74) is 0.251. The van der Waals surface area contributed by atoms with Crippen molar-refractivity contribution in [3.63, 3.8) is 0 Å². The molecule has 0 saturated heterocycles. The van der Waals surface area contributed by atoms with E-state index in [-0.39, 0.29) is 18.8 Å². The third kappa shape index (κ3) is 2.97. The number of nitrogens with one attached hydrogen (secondary N) is 1. The number of hydrogen-bond acceptors (Lipinski definition) is 6. The van der Waals surface area contributed by atoms with Crippen LogP contribution in [0.1, 0.15) is 5.69 Å². The maximum Gasteiger partial charge on any atom is 0.145 e. The van der Waals surface area contributed by atoms with Crippen LogP contribution in [0.25, 0.3) is 0 Å². The zero-order valence-electron chi connectivity index (χ0n) is 7.38. The molecule has 0 amide bonds. The molecule has 1 heterocycles. The molecular weight excluding hydrogens is 184 g/mol. The number of hydrogen-bond donors (Lipinski definition) is 3. The fourth-order valence-electron chi connectivity index (χ4n) is 0.802. The van der Waals surface area contributed by atoms with E-state index in [0.29, 0.717) is 5.82 Å². The van der Waals surface area contributed by atoms with Gasteiger partial charge in [-0.15, -0.1) is 0 Å². The summed E-state index contributed by atoms with van der Waals surface area (Å²) in [7, 11) is 0. The smallest absolute Gasteiger partial charge is 0.145 e. The molecule has 1 aromatic rings. The lowest BCUT2D eigenvalue weighted by Gasteiger charge is -2.08. The highest BCUT2D eigenvalue weighted by atomic mass is 16.3. The predicted molar refractivity (Wildman–Crippen MR) is 48.3 cm³/mol. The number of aliphatic hydroxyl groups excluding tert-OH is 2. The highest BCUT2D eigenvalue weighted by Gasteiger charge is 2.02. The molecule has 0 fully saturated rings. The molecule has 3 N–H and O–H groups in total. The van der Waals surface area contributed by atoms with Crippen LogP contribution in [0.5, 0.6) is 0 Å². The Morgan fingerprint density at radius 3 is 3.00 bits per heavy atom. The standard InChI is InChI=1S/C8H10N4O2/c9-2-6-1-8(12-5-11-6)10-3-7(14)4-13/h1,5,7,13-14H,3-4H2,(H,10,11,12). The number of aliphatic hydroxyl groups is 2. The van der Waals surface area contributed by atoms with Crippen LogP contribution in [-0.4, -0.2) is 39.4 Å². The second-order valence-corrected chi connectivity index (χ2v) is 2.62. The van der Waals surface area contributed by atoms with Gasteiger partial charge in [0.25, 0.3) is 0 Å². The van der Waals surface area contributed by atoms with Gasteiger partial charge in [-0.25, -0.2) is 9.97 Å². The van der Waals surface area contributed by atoms with Crippen LogP contribution in [0.2, 0.25) is 0 Å². The van der Waals surface area contributed by atoms with Crippen LogP contribution in [0.4, 0.5) is 5.82 Å². The second-order valence-electron chi connectivity index (χ2n) is 2.62. The van der Waals surface area contributed by atoms with Gasteiger partial charge in [-0.3, -0.25) is 0 Å². The molecule has 0 radical (unpaired) electrons. The molecule has 0 aliphatic rings. The summed E-state index contributed by atoms with van der Waals surface area (Å²) < 4.78 is 0. The molecule has 1 atom stereocenters. The van der Waals surface area contributed by atoms with E-state index in [1.807, 2.05) is 6.07 Å². The Balaban J connectivity index is 2.55. The summed E-state index contributed by atoms with van der Waals surface area (Å²) >= 11 is 0. The molecule has 6 nitrogen and oxygen atoms in total. The van der Waals surface area contributed by atoms with E-state index in [1.54, 1.807) is 0 Å². The van der Waals surface area contributed by atoms with E-state index in [0.717, 1.165) is 0 Å². The van der Waals surface area contributed by atoms with Gasteiger partial charge in [-0.2, -0.15) is 5.26 Å². The molecule has 14 heavy (non-hydrogen) atoms. The Kier molecular flexibility index (Phi) is 3.79. The predicted octanol–water partition coefficient (Wildman–Crippen LogP) is -0.887. The Bertz CT molecular complexity index is 336. The summed E-state index contributed by atoms with van der Waals surface area (Å²) in [6.45, 7) is -0.137. The third-order valence-corrected chi connectivity index (χ3v) is 1.51. The largest absolute Gasteiger partial charge is 0.394 e. The summed E-state index contributed by atoms with van der Waals surface area (Å²) in [5, 5.41) is 28.8. The quantitative estimate of drug-likeness (QED) is 0.575. The van der Waals surface area contributed by atoms with Gasteiger partial charge in [0.05, 0.1) is 12.7 Å². The van der Waals surface area contributed by atoms with Crippen LogP contribution < -0.4 is 5.32 Å². The van der Waals surface area contributed by atoms with Crippen molar-refractivity contribution < 1.29 is 10.2 Å². The van der Waals surface area contributed by atoms with Gasteiger partial charge in [0.15, 0.2) is 0 Å². The van der Waals surface area contributed by atoms with Crippen molar-refractivity contribution in [2.75, 3.05) is 18.5 Å². The molecule has 0 saturated carbocycles. The van der Waals surface area contributed by atoms with E-state index in [4.69, 9.17) is 15.5 Å². The summed E-state index contributed by atoms with van der Waals surface area (Å²) in [6.07, 6.45) is 0.419. The molecule has 1 rings (SSSR count). The van der Waals surface area contributed by atoms with Crippen molar-refractivity contribution in [3.8, 4) is 6.07 Å². The van der Waals surface area contributed by atoms with E-state index in [9.17, 15) is 0 Å². The maximum atomic E-state index is 9.02. The first-order chi connectivity index (χ1) is 6.76. The minimum atomic E-state index is -0.837. The van der Waals surface area contributed by atoms with Crippen LogP contribution in [0, 0.1) is 11.3 Å². The first-order valence-electron chi connectivity index (χ1n) is 4.01. The van der Waals surface area contributed by atoms with E-state index in [2.05, 4.69) is 15.3 Å². The maximum absolute atomic E-state index is 9.02. The average Bonchev–Trinajstić information content (AvgIpc) is 2.26. The van der Waals surface area contributed by atoms with Gasteiger partial charge in [0, 0.05) is 12.6 Å². The average molecular weight is 194 g/mol. The second kappa shape index (κ2) is 5.11. The van der Waals surface area contributed by atoms with Gasteiger partial charge in [-0.1, -0.05) is 0 Å². The summed E-state index contributed by atoms with van der Waals surface area (Å²) in [5.74, 6) is 0.448. The molecule has 1 aromatic heterocycles. The number of nitriles is 1. The number of nitrogens with zero attached hydrogens (tertiary/aromatic N) is 3. The first kappa shape index (κ1) is 10.4.